The first-order chi connectivity index (χ1) is 4.83. The lowest BCUT2D eigenvalue weighted by Gasteiger charge is -2.10. The fraction of sp³-hybridized carbons (Fsp3) is 1.00. The van der Waals surface area contributed by atoms with Crippen molar-refractivity contribution in [2.45, 2.75) is 31.5 Å². The summed E-state index contributed by atoms with van der Waals surface area (Å²) in [5.41, 5.74) is 5.12. The molecular formula is C7H15ClFNO. The van der Waals surface area contributed by atoms with E-state index in [0.717, 1.165) is 19.4 Å². The van der Waals surface area contributed by atoms with Gasteiger partial charge in [-0.1, -0.05) is 0 Å². The summed E-state index contributed by atoms with van der Waals surface area (Å²) in [4.78, 5) is 0. The van der Waals surface area contributed by atoms with E-state index in [9.17, 15) is 4.39 Å². The second-order valence-electron chi connectivity index (χ2n) is 2.70. The van der Waals surface area contributed by atoms with Crippen LogP contribution in [0.25, 0.3) is 0 Å². The lowest BCUT2D eigenvalue weighted by atomic mass is 10.1. The van der Waals surface area contributed by atoms with Crippen LogP contribution in [0.5, 0.6) is 0 Å². The molecule has 1 aliphatic heterocycles. The van der Waals surface area contributed by atoms with Crippen molar-refractivity contribution < 1.29 is 9.13 Å². The first-order valence-electron chi connectivity index (χ1n) is 3.78. The summed E-state index contributed by atoms with van der Waals surface area (Å²) in [6.07, 6.45) is 1.82. The largest absolute Gasteiger partial charge is 0.378 e. The molecule has 0 saturated carbocycles. The van der Waals surface area contributed by atoms with Crippen molar-refractivity contribution in [3.8, 4) is 0 Å². The van der Waals surface area contributed by atoms with Crippen LogP contribution in [-0.2, 0) is 4.74 Å². The van der Waals surface area contributed by atoms with E-state index in [4.69, 9.17) is 10.5 Å². The molecule has 0 amide bonds. The predicted molar refractivity (Wildman–Crippen MR) is 44.8 cm³/mol. The Labute approximate surface area is 72.7 Å². The Kier molecular flexibility index (Phi) is 5.82. The minimum atomic E-state index is -0.872. The van der Waals surface area contributed by atoms with Gasteiger partial charge >= 0.3 is 0 Å². The summed E-state index contributed by atoms with van der Waals surface area (Å²) in [7, 11) is 0. The molecule has 2 nitrogen and oxygen atoms in total. The van der Waals surface area contributed by atoms with Gasteiger partial charge in [-0.25, -0.2) is 4.39 Å². The lowest BCUT2D eigenvalue weighted by molar-refractivity contribution is 0.0825. The van der Waals surface area contributed by atoms with Crippen molar-refractivity contribution in [2.75, 3.05) is 13.2 Å². The number of halogens is 2. The summed E-state index contributed by atoms with van der Waals surface area (Å²) in [5.74, 6) is 0. The molecule has 2 unspecified atom stereocenters. The van der Waals surface area contributed by atoms with Crippen LogP contribution >= 0.6 is 12.4 Å². The van der Waals surface area contributed by atoms with Crippen LogP contribution in [0, 0.1) is 0 Å². The topological polar surface area (TPSA) is 35.2 Å². The molecule has 0 aromatic carbocycles. The number of nitrogens with two attached hydrogens (primary N) is 1. The zero-order valence-electron chi connectivity index (χ0n) is 6.46. The van der Waals surface area contributed by atoms with E-state index in [1.165, 1.54) is 0 Å². The van der Waals surface area contributed by atoms with Crippen LogP contribution in [0.3, 0.4) is 0 Å². The first-order valence-corrected chi connectivity index (χ1v) is 3.78. The Hall–Kier alpha value is 0.140. The van der Waals surface area contributed by atoms with Crippen molar-refractivity contribution in [1.29, 1.82) is 0 Å². The van der Waals surface area contributed by atoms with Crippen molar-refractivity contribution in [3.05, 3.63) is 0 Å². The molecule has 1 saturated heterocycles. The van der Waals surface area contributed by atoms with E-state index in [-0.39, 0.29) is 25.1 Å². The van der Waals surface area contributed by atoms with Crippen molar-refractivity contribution in [2.24, 2.45) is 5.73 Å². The standard InChI is InChI=1S/C7H14FNO.ClH/c8-6(5-9)4-7-2-1-3-10-7;/h6-7H,1-5,9H2;1H. The van der Waals surface area contributed by atoms with Crippen LogP contribution in [0.4, 0.5) is 4.39 Å². The SMILES string of the molecule is Cl.NCC(F)CC1CCCO1. The van der Waals surface area contributed by atoms with Crippen LogP contribution in [-0.4, -0.2) is 25.4 Å². The molecule has 0 aliphatic carbocycles. The maximum Gasteiger partial charge on any atom is 0.115 e. The van der Waals surface area contributed by atoms with Crippen LogP contribution < -0.4 is 5.73 Å². The predicted octanol–water partition coefficient (Wildman–Crippen LogP) is 1.27. The molecule has 4 heteroatoms. The van der Waals surface area contributed by atoms with Gasteiger partial charge in [-0.2, -0.15) is 0 Å². The molecule has 0 aromatic heterocycles. The summed E-state index contributed by atoms with van der Waals surface area (Å²) >= 11 is 0. The molecular weight excluding hydrogens is 169 g/mol. The Morgan fingerprint density at radius 3 is 2.82 bits per heavy atom. The van der Waals surface area contributed by atoms with E-state index >= 15 is 0 Å². The third kappa shape index (κ3) is 3.89. The maximum atomic E-state index is 12.6. The normalized spacial score (nSPS) is 26.2. The Bertz CT molecular complexity index is 98.4. The van der Waals surface area contributed by atoms with Gasteiger partial charge < -0.3 is 10.5 Å². The highest BCUT2D eigenvalue weighted by Crippen LogP contribution is 2.17. The fourth-order valence-electron chi connectivity index (χ4n) is 1.21. The van der Waals surface area contributed by atoms with Gasteiger partial charge in [-0.3, -0.25) is 0 Å². The molecule has 0 bridgehead atoms. The quantitative estimate of drug-likeness (QED) is 0.716. The van der Waals surface area contributed by atoms with Gasteiger partial charge in [0.15, 0.2) is 0 Å². The first kappa shape index (κ1) is 11.1. The molecule has 0 radical (unpaired) electrons. The van der Waals surface area contributed by atoms with E-state index in [0.29, 0.717) is 6.42 Å². The second kappa shape index (κ2) is 5.75. The van der Waals surface area contributed by atoms with Gasteiger partial charge in [0.05, 0.1) is 6.10 Å². The molecule has 2 N–H and O–H groups in total. The molecule has 1 rings (SSSR count). The summed E-state index contributed by atoms with van der Waals surface area (Å²) in [6, 6.07) is 0. The molecule has 0 aromatic rings. The van der Waals surface area contributed by atoms with Gasteiger partial charge in [0, 0.05) is 19.6 Å². The third-order valence-corrected chi connectivity index (χ3v) is 1.80. The molecule has 1 fully saturated rings. The highest BCUT2D eigenvalue weighted by Gasteiger charge is 2.19. The Balaban J connectivity index is 0.000001000. The van der Waals surface area contributed by atoms with Gasteiger partial charge in [0.1, 0.15) is 6.17 Å². The second-order valence-corrected chi connectivity index (χ2v) is 2.70. The summed E-state index contributed by atoms with van der Waals surface area (Å²) in [5, 5.41) is 0. The van der Waals surface area contributed by atoms with E-state index in [1.807, 2.05) is 0 Å². The third-order valence-electron chi connectivity index (χ3n) is 1.80. The van der Waals surface area contributed by atoms with E-state index in [2.05, 4.69) is 0 Å². The highest BCUT2D eigenvalue weighted by atomic mass is 35.5. The smallest absolute Gasteiger partial charge is 0.115 e. The summed E-state index contributed by atoms with van der Waals surface area (Å²) in [6.45, 7) is 0.918. The van der Waals surface area contributed by atoms with Crippen LogP contribution in [0.2, 0.25) is 0 Å². The Morgan fingerprint density at radius 1 is 1.64 bits per heavy atom. The van der Waals surface area contributed by atoms with E-state index in [1.54, 1.807) is 0 Å². The van der Waals surface area contributed by atoms with Crippen LogP contribution in [0.15, 0.2) is 0 Å². The zero-order chi connectivity index (χ0) is 7.40. The average molecular weight is 184 g/mol. The highest BCUT2D eigenvalue weighted by molar-refractivity contribution is 5.85. The van der Waals surface area contributed by atoms with Crippen molar-refractivity contribution in [1.82, 2.24) is 0 Å². The van der Waals surface area contributed by atoms with Gasteiger partial charge in [0.2, 0.25) is 0 Å². The number of hydrogen-bond acceptors (Lipinski definition) is 2. The monoisotopic (exact) mass is 183 g/mol. The van der Waals surface area contributed by atoms with Gasteiger partial charge in [0.25, 0.3) is 0 Å². The average Bonchev–Trinajstić information content (AvgIpc) is 2.40. The number of hydrogen-bond donors (Lipinski definition) is 1. The molecule has 68 valence electrons. The van der Waals surface area contributed by atoms with Crippen molar-refractivity contribution >= 4 is 12.4 Å². The molecule has 2 atom stereocenters. The number of ether oxygens (including phenoxy) is 1. The zero-order valence-corrected chi connectivity index (χ0v) is 7.28. The van der Waals surface area contributed by atoms with Crippen molar-refractivity contribution in [3.63, 3.8) is 0 Å². The van der Waals surface area contributed by atoms with E-state index < -0.39 is 6.17 Å². The lowest BCUT2D eigenvalue weighted by Crippen LogP contribution is -2.21. The Morgan fingerprint density at radius 2 is 2.36 bits per heavy atom. The summed E-state index contributed by atoms with van der Waals surface area (Å²) < 4.78 is 17.8. The molecule has 11 heavy (non-hydrogen) atoms. The number of alkyl halides is 1. The fourth-order valence-corrected chi connectivity index (χ4v) is 1.21. The number of rotatable bonds is 3. The maximum absolute atomic E-state index is 12.6. The molecule has 1 heterocycles. The molecule has 0 spiro atoms. The van der Waals surface area contributed by atoms with Crippen LogP contribution in [0.1, 0.15) is 19.3 Å². The van der Waals surface area contributed by atoms with Gasteiger partial charge in [-0.05, 0) is 12.8 Å². The van der Waals surface area contributed by atoms with Gasteiger partial charge in [-0.15, -0.1) is 12.4 Å². The minimum absolute atomic E-state index is 0. The minimum Gasteiger partial charge on any atom is -0.378 e. The molecule has 1 aliphatic rings.